The van der Waals surface area contributed by atoms with Crippen LogP contribution in [0.15, 0.2) is 35.7 Å². The van der Waals surface area contributed by atoms with Gasteiger partial charge in [-0.2, -0.15) is 5.10 Å². The lowest BCUT2D eigenvalue weighted by atomic mass is 10.2. The van der Waals surface area contributed by atoms with E-state index >= 15 is 0 Å². The number of H-pyrrole nitrogens is 1. The number of carbonyl (C=O) groups excluding carboxylic acids is 1. The molecule has 0 saturated heterocycles. The molecule has 0 aliphatic heterocycles. The Hall–Kier alpha value is -2.35. The summed E-state index contributed by atoms with van der Waals surface area (Å²) in [6, 6.07) is 6.02. The van der Waals surface area contributed by atoms with E-state index in [1.165, 1.54) is 30.2 Å². The number of carboxylic acid groups (broad SMARTS) is 1. The number of hydrogen-bond acceptors (Lipinski definition) is 5. The van der Waals surface area contributed by atoms with Gasteiger partial charge in [-0.05, 0) is 30.7 Å². The molecule has 1 aromatic carbocycles. The molecule has 2 aromatic rings. The van der Waals surface area contributed by atoms with Gasteiger partial charge >= 0.3 is 5.97 Å². The van der Waals surface area contributed by atoms with Gasteiger partial charge in [0.1, 0.15) is 6.33 Å². The van der Waals surface area contributed by atoms with Gasteiger partial charge in [0, 0.05) is 5.69 Å². The summed E-state index contributed by atoms with van der Waals surface area (Å²) >= 11 is 1.30. The number of carboxylic acids is 1. The van der Waals surface area contributed by atoms with Gasteiger partial charge in [0.25, 0.3) is 0 Å². The summed E-state index contributed by atoms with van der Waals surface area (Å²) in [5.41, 5.74) is 0.734. The molecule has 7 nitrogen and oxygen atoms in total. The van der Waals surface area contributed by atoms with E-state index in [4.69, 9.17) is 5.11 Å². The van der Waals surface area contributed by atoms with E-state index in [0.717, 1.165) is 0 Å². The Balaban J connectivity index is 2.00. The molecule has 0 radical (unpaired) electrons. The average molecular weight is 306 g/mol. The maximum Gasteiger partial charge on any atom is 0.335 e. The number of rotatable bonds is 6. The van der Waals surface area contributed by atoms with E-state index < -0.39 is 5.97 Å². The zero-order valence-corrected chi connectivity index (χ0v) is 12.1. The second kappa shape index (κ2) is 6.89. The quantitative estimate of drug-likeness (QED) is 0.705. The maximum atomic E-state index is 12.2. The molecular weight excluding hydrogens is 292 g/mol. The van der Waals surface area contributed by atoms with Crippen molar-refractivity contribution < 1.29 is 14.7 Å². The number of nitrogens with zero attached hydrogens (tertiary/aromatic N) is 2. The monoisotopic (exact) mass is 306 g/mol. The zero-order valence-electron chi connectivity index (χ0n) is 11.2. The van der Waals surface area contributed by atoms with Gasteiger partial charge in [-0.15, -0.1) is 0 Å². The fourth-order valence-corrected chi connectivity index (χ4v) is 2.44. The highest BCUT2D eigenvalue weighted by molar-refractivity contribution is 8.00. The third-order valence-electron chi connectivity index (χ3n) is 2.71. The van der Waals surface area contributed by atoms with E-state index in [-0.39, 0.29) is 16.7 Å². The van der Waals surface area contributed by atoms with Crippen LogP contribution in [0, 0.1) is 0 Å². The lowest BCUT2D eigenvalue weighted by Gasteiger charge is -2.13. The van der Waals surface area contributed by atoms with Crippen LogP contribution >= 0.6 is 11.8 Å². The fraction of sp³-hybridized carbons (Fsp3) is 0.231. The molecule has 0 saturated carbocycles. The van der Waals surface area contributed by atoms with Gasteiger partial charge in [0.05, 0.1) is 10.8 Å². The van der Waals surface area contributed by atoms with E-state index in [1.807, 2.05) is 6.92 Å². The molecule has 0 aliphatic carbocycles. The van der Waals surface area contributed by atoms with Crippen molar-refractivity contribution >= 4 is 29.3 Å². The lowest BCUT2D eigenvalue weighted by Crippen LogP contribution is -2.24. The molecule has 0 aliphatic rings. The van der Waals surface area contributed by atoms with Crippen LogP contribution in [0.3, 0.4) is 0 Å². The fourth-order valence-electron chi connectivity index (χ4n) is 1.63. The van der Waals surface area contributed by atoms with Crippen molar-refractivity contribution in [2.75, 3.05) is 5.32 Å². The van der Waals surface area contributed by atoms with Gasteiger partial charge < -0.3 is 10.4 Å². The summed E-state index contributed by atoms with van der Waals surface area (Å²) < 4.78 is 0. The van der Waals surface area contributed by atoms with Crippen LogP contribution in [-0.2, 0) is 4.79 Å². The highest BCUT2D eigenvalue weighted by Crippen LogP contribution is 2.22. The molecule has 1 atom stereocenters. The number of amides is 1. The molecule has 1 amide bonds. The first-order valence-electron chi connectivity index (χ1n) is 6.26. The van der Waals surface area contributed by atoms with Crippen molar-refractivity contribution in [3.05, 3.63) is 36.2 Å². The van der Waals surface area contributed by atoms with Gasteiger partial charge in [-0.3, -0.25) is 9.89 Å². The number of aromatic amines is 1. The van der Waals surface area contributed by atoms with E-state index in [2.05, 4.69) is 20.5 Å². The van der Waals surface area contributed by atoms with E-state index in [1.54, 1.807) is 12.1 Å². The molecule has 1 unspecified atom stereocenters. The van der Waals surface area contributed by atoms with Crippen molar-refractivity contribution in [2.45, 2.75) is 23.8 Å². The summed E-state index contributed by atoms with van der Waals surface area (Å²) in [4.78, 5) is 26.9. The molecule has 8 heteroatoms. The molecule has 1 heterocycles. The van der Waals surface area contributed by atoms with Gasteiger partial charge in [-0.25, -0.2) is 9.78 Å². The Morgan fingerprint density at radius 3 is 2.62 bits per heavy atom. The largest absolute Gasteiger partial charge is 0.478 e. The predicted octanol–water partition coefficient (Wildman–Crippen LogP) is 2.01. The number of nitrogens with one attached hydrogen (secondary N) is 2. The molecule has 0 bridgehead atoms. The van der Waals surface area contributed by atoms with Crippen LogP contribution in [0.4, 0.5) is 5.69 Å². The third-order valence-corrected chi connectivity index (χ3v) is 3.96. The molecular formula is C13H14N4O3S. The second-order valence-corrected chi connectivity index (χ2v) is 5.37. The highest BCUT2D eigenvalue weighted by atomic mass is 32.2. The number of anilines is 1. The molecule has 3 N–H and O–H groups in total. The van der Waals surface area contributed by atoms with Crippen LogP contribution in [0.2, 0.25) is 0 Å². The standard InChI is InChI=1S/C13H14N4O3S/c1-2-10(21-13-14-7-15-17-13)11(18)16-9-5-3-8(4-6-9)12(19)20/h3-7,10H,2H2,1H3,(H,16,18)(H,19,20)(H,14,15,17). The van der Waals surface area contributed by atoms with Crippen LogP contribution in [0.25, 0.3) is 0 Å². The normalized spacial score (nSPS) is 11.9. The van der Waals surface area contributed by atoms with Crippen molar-refractivity contribution in [1.82, 2.24) is 15.2 Å². The molecule has 2 rings (SSSR count). The van der Waals surface area contributed by atoms with Gasteiger partial charge in [-0.1, -0.05) is 18.7 Å². The zero-order chi connectivity index (χ0) is 15.2. The van der Waals surface area contributed by atoms with Crippen LogP contribution in [-0.4, -0.2) is 37.4 Å². The van der Waals surface area contributed by atoms with E-state index in [9.17, 15) is 9.59 Å². The molecule has 1 aromatic heterocycles. The summed E-state index contributed by atoms with van der Waals surface area (Å²) in [5, 5.41) is 18.3. The molecule has 110 valence electrons. The predicted molar refractivity (Wildman–Crippen MR) is 78.3 cm³/mol. The lowest BCUT2D eigenvalue weighted by molar-refractivity contribution is -0.115. The number of benzene rings is 1. The number of aromatic carboxylic acids is 1. The number of hydrogen-bond donors (Lipinski definition) is 3. The summed E-state index contributed by atoms with van der Waals surface area (Å²) in [7, 11) is 0. The van der Waals surface area contributed by atoms with Gasteiger partial charge in [0.15, 0.2) is 5.16 Å². The number of carbonyl (C=O) groups is 2. The van der Waals surface area contributed by atoms with Gasteiger partial charge in [0.2, 0.25) is 5.91 Å². The Kier molecular flexibility index (Phi) is 4.94. The smallest absolute Gasteiger partial charge is 0.335 e. The first-order chi connectivity index (χ1) is 10.1. The summed E-state index contributed by atoms with van der Waals surface area (Å²) in [6.45, 7) is 1.90. The summed E-state index contributed by atoms with van der Waals surface area (Å²) in [6.07, 6.45) is 2.02. The Bertz CT molecular complexity index is 613. The van der Waals surface area contributed by atoms with E-state index in [0.29, 0.717) is 17.3 Å². The molecule has 21 heavy (non-hydrogen) atoms. The SMILES string of the molecule is CCC(Sc1ncn[nH]1)C(=O)Nc1ccc(C(=O)O)cc1. The van der Waals surface area contributed by atoms with Crippen LogP contribution in [0.5, 0.6) is 0 Å². The van der Waals surface area contributed by atoms with Crippen molar-refractivity contribution in [3.8, 4) is 0 Å². The van der Waals surface area contributed by atoms with Crippen molar-refractivity contribution in [3.63, 3.8) is 0 Å². The topological polar surface area (TPSA) is 108 Å². The van der Waals surface area contributed by atoms with Crippen molar-refractivity contribution in [2.24, 2.45) is 0 Å². The minimum Gasteiger partial charge on any atom is -0.478 e. The average Bonchev–Trinajstić information content (AvgIpc) is 2.98. The van der Waals surface area contributed by atoms with Crippen LogP contribution in [0.1, 0.15) is 23.7 Å². The molecule has 0 spiro atoms. The minimum atomic E-state index is -1.000. The summed E-state index contributed by atoms with van der Waals surface area (Å²) in [5.74, 6) is -1.16. The second-order valence-electron chi connectivity index (χ2n) is 4.18. The third kappa shape index (κ3) is 4.06. The van der Waals surface area contributed by atoms with Crippen LogP contribution < -0.4 is 5.32 Å². The Labute approximate surface area is 125 Å². The number of aromatic nitrogens is 3. The molecule has 0 fully saturated rings. The number of thioether (sulfide) groups is 1. The Morgan fingerprint density at radius 1 is 1.38 bits per heavy atom. The first-order valence-corrected chi connectivity index (χ1v) is 7.14. The Morgan fingerprint density at radius 2 is 2.10 bits per heavy atom. The van der Waals surface area contributed by atoms with Crippen molar-refractivity contribution in [1.29, 1.82) is 0 Å². The first kappa shape index (κ1) is 15.0. The maximum absolute atomic E-state index is 12.2. The minimum absolute atomic E-state index is 0.165. The highest BCUT2D eigenvalue weighted by Gasteiger charge is 2.19.